The van der Waals surface area contributed by atoms with Gasteiger partial charge in [0, 0.05) is 16.8 Å². The number of hydrogen-bond acceptors (Lipinski definition) is 1. The average Bonchev–Trinajstić information content (AvgIpc) is 2.33. The summed E-state index contributed by atoms with van der Waals surface area (Å²) < 4.78 is 12.7. The molecule has 88 valence electrons. The lowest BCUT2D eigenvalue weighted by molar-refractivity contribution is 0.628. The summed E-state index contributed by atoms with van der Waals surface area (Å²) in [6.45, 7) is 2.05. The molecule has 1 N–H and O–H groups in total. The van der Waals surface area contributed by atoms with Crippen LogP contribution < -0.4 is 5.32 Å². The molecule has 0 fully saturated rings. The fourth-order valence-corrected chi connectivity index (χ4v) is 1.76. The smallest absolute Gasteiger partial charge is 0.123 e. The number of anilines is 1. The molecule has 1 atom stereocenters. The number of hydrogen-bond donors (Lipinski definition) is 1. The molecule has 0 amide bonds. The molecular formula is C14H13ClFN. The Bertz CT molecular complexity index is 479. The molecule has 0 aromatic heterocycles. The lowest BCUT2D eigenvalue weighted by Gasteiger charge is -2.15. The largest absolute Gasteiger partial charge is 0.379 e. The first-order valence-corrected chi connectivity index (χ1v) is 5.80. The molecule has 2 rings (SSSR count). The Morgan fingerprint density at radius 3 is 2.18 bits per heavy atom. The first kappa shape index (κ1) is 11.9. The molecule has 2 aromatic carbocycles. The molecule has 0 saturated carbocycles. The van der Waals surface area contributed by atoms with Crippen molar-refractivity contribution in [1.29, 1.82) is 0 Å². The normalized spacial score (nSPS) is 12.2. The van der Waals surface area contributed by atoms with E-state index in [1.807, 2.05) is 31.2 Å². The zero-order chi connectivity index (χ0) is 12.3. The molecule has 1 nitrogen and oxygen atoms in total. The summed E-state index contributed by atoms with van der Waals surface area (Å²) in [5.41, 5.74) is 2.03. The minimum atomic E-state index is -0.227. The van der Waals surface area contributed by atoms with Crippen molar-refractivity contribution in [1.82, 2.24) is 0 Å². The summed E-state index contributed by atoms with van der Waals surface area (Å²) in [5.74, 6) is -0.227. The van der Waals surface area contributed by atoms with Crippen LogP contribution >= 0.6 is 11.6 Å². The van der Waals surface area contributed by atoms with Crippen molar-refractivity contribution < 1.29 is 4.39 Å². The minimum Gasteiger partial charge on any atom is -0.379 e. The summed E-state index contributed by atoms with van der Waals surface area (Å²) in [6, 6.07) is 14.2. The SMILES string of the molecule is CC(Nc1ccc(F)cc1)c1ccc(Cl)cc1. The van der Waals surface area contributed by atoms with Gasteiger partial charge in [0.2, 0.25) is 0 Å². The molecule has 0 spiro atoms. The maximum Gasteiger partial charge on any atom is 0.123 e. The predicted octanol–water partition coefficient (Wildman–Crippen LogP) is 4.65. The Morgan fingerprint density at radius 2 is 1.59 bits per heavy atom. The van der Waals surface area contributed by atoms with Crippen LogP contribution in [-0.2, 0) is 0 Å². The second-order valence-electron chi connectivity index (χ2n) is 3.92. The van der Waals surface area contributed by atoms with E-state index in [2.05, 4.69) is 5.32 Å². The molecule has 0 heterocycles. The highest BCUT2D eigenvalue weighted by Crippen LogP contribution is 2.20. The standard InChI is InChI=1S/C14H13ClFN/c1-10(11-2-4-12(15)5-3-11)17-14-8-6-13(16)7-9-14/h2-10,17H,1H3. The van der Waals surface area contributed by atoms with Gasteiger partial charge in [-0.25, -0.2) is 4.39 Å². The zero-order valence-electron chi connectivity index (χ0n) is 9.45. The third kappa shape index (κ3) is 3.21. The molecule has 2 aromatic rings. The van der Waals surface area contributed by atoms with E-state index in [0.717, 1.165) is 16.3 Å². The Morgan fingerprint density at radius 1 is 1.00 bits per heavy atom. The highest BCUT2D eigenvalue weighted by atomic mass is 35.5. The van der Waals surface area contributed by atoms with Gasteiger partial charge in [0.25, 0.3) is 0 Å². The van der Waals surface area contributed by atoms with Gasteiger partial charge >= 0.3 is 0 Å². The zero-order valence-corrected chi connectivity index (χ0v) is 10.2. The van der Waals surface area contributed by atoms with E-state index in [0.29, 0.717) is 0 Å². The highest BCUT2D eigenvalue weighted by molar-refractivity contribution is 6.30. The quantitative estimate of drug-likeness (QED) is 0.835. The molecule has 0 radical (unpaired) electrons. The van der Waals surface area contributed by atoms with Gasteiger partial charge < -0.3 is 5.32 Å². The molecule has 0 aliphatic heterocycles. The topological polar surface area (TPSA) is 12.0 Å². The third-order valence-corrected chi connectivity index (χ3v) is 2.85. The summed E-state index contributed by atoms with van der Waals surface area (Å²) >= 11 is 5.83. The van der Waals surface area contributed by atoms with Crippen molar-refractivity contribution >= 4 is 17.3 Å². The Labute approximate surface area is 105 Å². The highest BCUT2D eigenvalue weighted by Gasteiger charge is 2.04. The Hall–Kier alpha value is -1.54. The van der Waals surface area contributed by atoms with Crippen LogP contribution in [0.3, 0.4) is 0 Å². The molecule has 3 heteroatoms. The number of halogens is 2. The fraction of sp³-hybridized carbons (Fsp3) is 0.143. The van der Waals surface area contributed by atoms with Crippen molar-refractivity contribution in [3.8, 4) is 0 Å². The fourth-order valence-electron chi connectivity index (χ4n) is 1.63. The molecule has 0 aliphatic rings. The van der Waals surface area contributed by atoms with E-state index >= 15 is 0 Å². The second-order valence-corrected chi connectivity index (χ2v) is 4.36. The average molecular weight is 250 g/mol. The maximum absolute atomic E-state index is 12.7. The summed E-state index contributed by atoms with van der Waals surface area (Å²) in [7, 11) is 0. The van der Waals surface area contributed by atoms with Crippen molar-refractivity contribution in [2.45, 2.75) is 13.0 Å². The van der Waals surface area contributed by atoms with Gasteiger partial charge in [-0.15, -0.1) is 0 Å². The van der Waals surface area contributed by atoms with Crippen molar-refractivity contribution in [2.75, 3.05) is 5.32 Å². The van der Waals surface area contributed by atoms with E-state index in [1.165, 1.54) is 12.1 Å². The summed E-state index contributed by atoms with van der Waals surface area (Å²) in [5, 5.41) is 4.02. The van der Waals surface area contributed by atoms with Gasteiger partial charge in [0.15, 0.2) is 0 Å². The maximum atomic E-state index is 12.7. The van der Waals surface area contributed by atoms with Gasteiger partial charge in [0.05, 0.1) is 0 Å². The summed E-state index contributed by atoms with van der Waals surface area (Å²) in [6.07, 6.45) is 0. The van der Waals surface area contributed by atoms with Crippen molar-refractivity contribution in [2.24, 2.45) is 0 Å². The van der Waals surface area contributed by atoms with Crippen LogP contribution in [0.4, 0.5) is 10.1 Å². The number of nitrogens with one attached hydrogen (secondary N) is 1. The van der Waals surface area contributed by atoms with Crippen LogP contribution in [0.25, 0.3) is 0 Å². The molecule has 0 saturated heterocycles. The minimum absolute atomic E-state index is 0.151. The Balaban J connectivity index is 2.08. The van der Waals surface area contributed by atoms with Crippen LogP contribution in [0.15, 0.2) is 48.5 Å². The van der Waals surface area contributed by atoms with Gasteiger partial charge in [0.1, 0.15) is 5.82 Å². The van der Waals surface area contributed by atoms with Gasteiger partial charge in [-0.05, 0) is 48.9 Å². The van der Waals surface area contributed by atoms with Gasteiger partial charge in [-0.3, -0.25) is 0 Å². The van der Waals surface area contributed by atoms with Crippen LogP contribution in [0.5, 0.6) is 0 Å². The van der Waals surface area contributed by atoms with E-state index in [-0.39, 0.29) is 11.9 Å². The van der Waals surface area contributed by atoms with Crippen molar-refractivity contribution in [3.63, 3.8) is 0 Å². The first-order valence-electron chi connectivity index (χ1n) is 5.43. The monoisotopic (exact) mass is 249 g/mol. The van der Waals surface area contributed by atoms with Crippen molar-refractivity contribution in [3.05, 3.63) is 64.9 Å². The predicted molar refractivity (Wildman–Crippen MR) is 69.9 cm³/mol. The Kier molecular flexibility index (Phi) is 3.64. The first-order chi connectivity index (χ1) is 8.15. The third-order valence-electron chi connectivity index (χ3n) is 2.60. The molecular weight excluding hydrogens is 237 g/mol. The van der Waals surface area contributed by atoms with E-state index in [1.54, 1.807) is 12.1 Å². The lowest BCUT2D eigenvalue weighted by Crippen LogP contribution is -2.06. The van der Waals surface area contributed by atoms with Crippen LogP contribution in [-0.4, -0.2) is 0 Å². The molecule has 1 unspecified atom stereocenters. The number of benzene rings is 2. The van der Waals surface area contributed by atoms with E-state index in [4.69, 9.17) is 11.6 Å². The van der Waals surface area contributed by atoms with E-state index in [9.17, 15) is 4.39 Å². The van der Waals surface area contributed by atoms with Crippen LogP contribution in [0.2, 0.25) is 5.02 Å². The molecule has 0 aliphatic carbocycles. The number of rotatable bonds is 3. The lowest BCUT2D eigenvalue weighted by atomic mass is 10.1. The molecule has 17 heavy (non-hydrogen) atoms. The van der Waals surface area contributed by atoms with Crippen LogP contribution in [0.1, 0.15) is 18.5 Å². The van der Waals surface area contributed by atoms with Gasteiger partial charge in [-0.2, -0.15) is 0 Å². The second kappa shape index (κ2) is 5.19. The summed E-state index contributed by atoms with van der Waals surface area (Å²) in [4.78, 5) is 0. The van der Waals surface area contributed by atoms with E-state index < -0.39 is 0 Å². The van der Waals surface area contributed by atoms with Crippen LogP contribution in [0, 0.1) is 5.82 Å². The van der Waals surface area contributed by atoms with Gasteiger partial charge in [-0.1, -0.05) is 23.7 Å². The molecule has 0 bridgehead atoms.